The van der Waals surface area contributed by atoms with Crippen molar-refractivity contribution in [3.05, 3.63) is 0 Å². The summed E-state index contributed by atoms with van der Waals surface area (Å²) in [7, 11) is 0. The summed E-state index contributed by atoms with van der Waals surface area (Å²) in [5.41, 5.74) is 0.495. The van der Waals surface area contributed by atoms with Gasteiger partial charge < -0.3 is 19.7 Å². The first kappa shape index (κ1) is 21.4. The van der Waals surface area contributed by atoms with Crippen LogP contribution in [0.25, 0.3) is 0 Å². The summed E-state index contributed by atoms with van der Waals surface area (Å²) < 4.78 is 13.3. The van der Waals surface area contributed by atoms with E-state index in [4.69, 9.17) is 9.47 Å². The van der Waals surface area contributed by atoms with Crippen LogP contribution >= 0.6 is 0 Å². The smallest absolute Gasteiger partial charge is 0.171 e. The second kappa shape index (κ2) is 6.93. The lowest BCUT2D eigenvalue weighted by Gasteiger charge is -2.62. The lowest BCUT2D eigenvalue weighted by molar-refractivity contribution is -0.273. The minimum absolute atomic E-state index is 0.191. The van der Waals surface area contributed by atoms with Crippen LogP contribution in [0.3, 0.4) is 0 Å². The van der Waals surface area contributed by atoms with E-state index in [2.05, 4.69) is 27.7 Å². The van der Waals surface area contributed by atoms with Crippen LogP contribution in [0.4, 0.5) is 0 Å². The van der Waals surface area contributed by atoms with Crippen molar-refractivity contribution < 1.29 is 19.7 Å². The minimum atomic E-state index is -0.338. The van der Waals surface area contributed by atoms with Gasteiger partial charge in [-0.2, -0.15) is 0 Å². The van der Waals surface area contributed by atoms with Gasteiger partial charge in [0.25, 0.3) is 0 Å². The van der Waals surface area contributed by atoms with Gasteiger partial charge in [-0.25, -0.2) is 0 Å². The fourth-order valence-corrected chi connectivity index (χ4v) is 10.3. The first-order chi connectivity index (χ1) is 14.7. The van der Waals surface area contributed by atoms with E-state index in [1.165, 1.54) is 19.3 Å². The van der Waals surface area contributed by atoms with Crippen molar-refractivity contribution >= 4 is 0 Å². The highest BCUT2D eigenvalue weighted by Crippen LogP contribution is 2.71. The molecule has 0 radical (unpaired) electrons. The summed E-state index contributed by atoms with van der Waals surface area (Å²) in [6.07, 6.45) is 9.58. The molecule has 6 fully saturated rings. The van der Waals surface area contributed by atoms with Crippen LogP contribution in [-0.4, -0.2) is 40.9 Å². The van der Waals surface area contributed by atoms with Gasteiger partial charge in [0.1, 0.15) is 0 Å². The van der Waals surface area contributed by atoms with E-state index >= 15 is 0 Å². The minimum Gasteiger partial charge on any atom is -0.393 e. The van der Waals surface area contributed by atoms with Crippen molar-refractivity contribution in [2.24, 2.45) is 52.3 Å². The monoisotopic (exact) mass is 432 g/mol. The summed E-state index contributed by atoms with van der Waals surface area (Å²) in [6.45, 7) is 10.6. The van der Waals surface area contributed by atoms with Gasteiger partial charge in [-0.15, -0.1) is 0 Å². The molecule has 0 bridgehead atoms. The average Bonchev–Trinajstić information content (AvgIpc) is 3.17. The van der Waals surface area contributed by atoms with Crippen LogP contribution < -0.4 is 0 Å². The fraction of sp³-hybridized carbons (Fsp3) is 1.00. The van der Waals surface area contributed by atoms with Gasteiger partial charge in [-0.1, -0.05) is 27.7 Å². The Morgan fingerprint density at radius 1 is 0.806 bits per heavy atom. The second-order valence-electron chi connectivity index (χ2n) is 13.2. The highest BCUT2D eigenvalue weighted by molar-refractivity contribution is 5.16. The molecule has 0 unspecified atom stereocenters. The summed E-state index contributed by atoms with van der Waals surface area (Å²) >= 11 is 0. The first-order valence-corrected chi connectivity index (χ1v) is 13.4. The molecule has 0 amide bonds. The summed E-state index contributed by atoms with van der Waals surface area (Å²) in [4.78, 5) is 0. The number of aliphatic hydroxyl groups excluding tert-OH is 2. The standard InChI is InChI=1S/C27H44O4/c1-15-5-10-27(30-14-15)16(2)24-23(31-27)13-20-18-12-22(29)21-11-17(28)6-8-25(21,3)19(18)7-9-26(20,24)4/h15-24,28-29H,5-14H2,1-4H3/t15-,16+,17-,18+,19-,20-,21+,22-,23-,24-,25+,26-,27-/m0/s1. The molecule has 4 heteroatoms. The molecule has 6 aliphatic rings. The SMILES string of the molecule is C[C@H]1CC[C@]2(OC1)O[C@H]1C[C@H]3[C@@H]4C[C@H](O)[C@H]5C[C@@H](O)CC[C@]5(C)[C@H]4CC[C@]3(C)[C@H]1[C@H]2C. The lowest BCUT2D eigenvalue weighted by Crippen LogP contribution is -2.58. The molecule has 2 aliphatic heterocycles. The maximum absolute atomic E-state index is 11.2. The predicted molar refractivity (Wildman–Crippen MR) is 119 cm³/mol. The average molecular weight is 433 g/mol. The second-order valence-corrected chi connectivity index (χ2v) is 13.2. The van der Waals surface area contributed by atoms with Gasteiger partial charge in [0.15, 0.2) is 5.79 Å². The zero-order chi connectivity index (χ0) is 21.8. The summed E-state index contributed by atoms with van der Waals surface area (Å²) in [5.74, 6) is 3.58. The predicted octanol–water partition coefficient (Wildman–Crippen LogP) is 4.76. The zero-order valence-electron chi connectivity index (χ0n) is 20.1. The third-order valence-electron chi connectivity index (χ3n) is 11.9. The highest BCUT2D eigenvalue weighted by atomic mass is 16.7. The largest absolute Gasteiger partial charge is 0.393 e. The fourth-order valence-electron chi connectivity index (χ4n) is 10.3. The molecule has 1 spiro atoms. The Bertz CT molecular complexity index is 716. The van der Waals surface area contributed by atoms with E-state index < -0.39 is 0 Å². The van der Waals surface area contributed by atoms with Crippen molar-refractivity contribution in [1.29, 1.82) is 0 Å². The van der Waals surface area contributed by atoms with Gasteiger partial charge in [-0.3, -0.25) is 0 Å². The number of fused-ring (bicyclic) bond motifs is 7. The Labute approximate surface area is 188 Å². The van der Waals surface area contributed by atoms with Crippen LogP contribution in [0.15, 0.2) is 0 Å². The van der Waals surface area contributed by atoms with Crippen molar-refractivity contribution in [2.45, 2.75) is 110 Å². The lowest BCUT2D eigenvalue weighted by atomic mass is 9.43. The summed E-state index contributed by atoms with van der Waals surface area (Å²) in [6, 6.07) is 0. The number of aliphatic hydroxyl groups is 2. The third-order valence-corrected chi connectivity index (χ3v) is 11.9. The normalized spacial score (nSPS) is 63.3. The van der Waals surface area contributed by atoms with Crippen LogP contribution in [0.5, 0.6) is 0 Å². The van der Waals surface area contributed by atoms with Crippen LogP contribution in [-0.2, 0) is 9.47 Å². The highest BCUT2D eigenvalue weighted by Gasteiger charge is 2.69. The van der Waals surface area contributed by atoms with Crippen molar-refractivity contribution in [3.63, 3.8) is 0 Å². The Morgan fingerprint density at radius 3 is 2.32 bits per heavy atom. The molecule has 2 saturated heterocycles. The molecule has 176 valence electrons. The van der Waals surface area contributed by atoms with E-state index in [0.29, 0.717) is 47.0 Å². The van der Waals surface area contributed by atoms with E-state index in [0.717, 1.165) is 45.1 Å². The molecule has 0 aromatic rings. The van der Waals surface area contributed by atoms with E-state index in [9.17, 15) is 10.2 Å². The number of hydrogen-bond acceptors (Lipinski definition) is 4. The first-order valence-electron chi connectivity index (χ1n) is 13.4. The Kier molecular flexibility index (Phi) is 4.78. The van der Waals surface area contributed by atoms with Gasteiger partial charge >= 0.3 is 0 Å². The zero-order valence-corrected chi connectivity index (χ0v) is 20.1. The van der Waals surface area contributed by atoms with Gasteiger partial charge in [0.05, 0.1) is 24.9 Å². The third kappa shape index (κ3) is 2.80. The van der Waals surface area contributed by atoms with Crippen molar-refractivity contribution in [2.75, 3.05) is 6.61 Å². The molecule has 0 aromatic heterocycles. The number of rotatable bonds is 0. The molecule has 6 rings (SSSR count). The number of ether oxygens (including phenoxy) is 2. The molecule has 4 saturated carbocycles. The molecule has 2 N–H and O–H groups in total. The van der Waals surface area contributed by atoms with Crippen molar-refractivity contribution in [1.82, 2.24) is 0 Å². The number of hydrogen-bond donors (Lipinski definition) is 2. The Morgan fingerprint density at radius 2 is 1.58 bits per heavy atom. The molecule has 13 atom stereocenters. The quantitative estimate of drug-likeness (QED) is 0.579. The maximum Gasteiger partial charge on any atom is 0.171 e. The summed E-state index contributed by atoms with van der Waals surface area (Å²) in [5, 5.41) is 21.5. The van der Waals surface area contributed by atoms with Crippen molar-refractivity contribution in [3.8, 4) is 0 Å². The van der Waals surface area contributed by atoms with Gasteiger partial charge in [-0.05, 0) is 97.7 Å². The van der Waals surface area contributed by atoms with Crippen LogP contribution in [0.1, 0.15) is 85.5 Å². The maximum atomic E-state index is 11.2. The van der Waals surface area contributed by atoms with Gasteiger partial charge in [0, 0.05) is 12.3 Å². The van der Waals surface area contributed by atoms with E-state index in [-0.39, 0.29) is 29.3 Å². The van der Waals surface area contributed by atoms with E-state index in [1.807, 2.05) is 0 Å². The molecule has 31 heavy (non-hydrogen) atoms. The topological polar surface area (TPSA) is 58.9 Å². The Balaban J connectivity index is 1.28. The molecular weight excluding hydrogens is 388 g/mol. The molecule has 0 aromatic carbocycles. The molecule has 4 nitrogen and oxygen atoms in total. The molecule has 4 aliphatic carbocycles. The Hall–Kier alpha value is -0.160. The molecular formula is C27H44O4. The van der Waals surface area contributed by atoms with Crippen LogP contribution in [0.2, 0.25) is 0 Å². The molecule has 2 heterocycles. The van der Waals surface area contributed by atoms with Gasteiger partial charge in [0.2, 0.25) is 0 Å². The van der Waals surface area contributed by atoms with Crippen LogP contribution in [0, 0.1) is 52.3 Å². The van der Waals surface area contributed by atoms with E-state index in [1.54, 1.807) is 0 Å².